The third-order valence-electron chi connectivity index (χ3n) is 4.45. The van der Waals surface area contributed by atoms with Gasteiger partial charge in [-0.3, -0.25) is 9.59 Å². The summed E-state index contributed by atoms with van der Waals surface area (Å²) in [6, 6.07) is 14.6. The maximum atomic E-state index is 12.5. The van der Waals surface area contributed by atoms with Crippen molar-refractivity contribution in [3.05, 3.63) is 54.1 Å². The maximum Gasteiger partial charge on any atom is 0.253 e. The zero-order valence-electron chi connectivity index (χ0n) is 16.4. The number of carbonyl (C=O) groups is 2. The molecule has 1 aliphatic rings. The van der Waals surface area contributed by atoms with Crippen molar-refractivity contribution < 1.29 is 14.3 Å². The Balaban J connectivity index is 1.55. The van der Waals surface area contributed by atoms with E-state index in [1.165, 1.54) is 0 Å². The highest BCUT2D eigenvalue weighted by molar-refractivity contribution is 5.98. The summed E-state index contributed by atoms with van der Waals surface area (Å²) in [5, 5.41) is 5.93. The molecule has 6 heteroatoms. The van der Waals surface area contributed by atoms with Crippen LogP contribution in [0.4, 0.5) is 11.4 Å². The van der Waals surface area contributed by atoms with Gasteiger partial charge in [0.2, 0.25) is 5.91 Å². The average Bonchev–Trinajstić information content (AvgIpc) is 3.20. The zero-order valence-corrected chi connectivity index (χ0v) is 16.4. The fourth-order valence-electron chi connectivity index (χ4n) is 3.17. The molecule has 0 bridgehead atoms. The lowest BCUT2D eigenvalue weighted by Gasteiger charge is -2.16. The number of nitrogens with one attached hydrogen (secondary N) is 2. The van der Waals surface area contributed by atoms with E-state index >= 15 is 0 Å². The van der Waals surface area contributed by atoms with Crippen LogP contribution >= 0.6 is 0 Å². The van der Waals surface area contributed by atoms with E-state index in [1.54, 1.807) is 24.3 Å². The van der Waals surface area contributed by atoms with Crippen LogP contribution < -0.4 is 15.4 Å². The van der Waals surface area contributed by atoms with Gasteiger partial charge in [0.05, 0.1) is 12.6 Å². The normalized spacial score (nSPS) is 13.5. The molecule has 0 saturated carbocycles. The number of anilines is 2. The van der Waals surface area contributed by atoms with Gasteiger partial charge in [-0.1, -0.05) is 12.1 Å². The monoisotopic (exact) mass is 381 g/mol. The Bertz CT molecular complexity index is 829. The minimum Gasteiger partial charge on any atom is -0.491 e. The second-order valence-corrected chi connectivity index (χ2v) is 7.18. The van der Waals surface area contributed by atoms with Crippen LogP contribution in [-0.2, 0) is 4.79 Å². The standard InChI is InChI=1S/C22H27N3O3/c1-16(2)28-20-10-6-8-18(14-20)23-15-21(26)24-19-9-5-7-17(13-19)22(27)25-11-3-4-12-25/h5-10,13-14,16,23H,3-4,11-12,15H2,1-2H3,(H,24,26). The summed E-state index contributed by atoms with van der Waals surface area (Å²) in [6.07, 6.45) is 2.20. The van der Waals surface area contributed by atoms with E-state index in [1.807, 2.05) is 43.0 Å². The summed E-state index contributed by atoms with van der Waals surface area (Å²) >= 11 is 0. The van der Waals surface area contributed by atoms with Crippen LogP contribution in [0.3, 0.4) is 0 Å². The Labute approximate surface area is 165 Å². The number of hydrogen-bond acceptors (Lipinski definition) is 4. The number of benzene rings is 2. The lowest BCUT2D eigenvalue weighted by molar-refractivity contribution is -0.114. The van der Waals surface area contributed by atoms with Crippen LogP contribution in [0, 0.1) is 0 Å². The first kappa shape index (κ1) is 19.7. The van der Waals surface area contributed by atoms with Crippen LogP contribution in [0.5, 0.6) is 5.75 Å². The molecule has 2 N–H and O–H groups in total. The smallest absolute Gasteiger partial charge is 0.253 e. The van der Waals surface area contributed by atoms with Crippen molar-refractivity contribution in [3.8, 4) is 5.75 Å². The van der Waals surface area contributed by atoms with Crippen molar-refractivity contribution >= 4 is 23.2 Å². The lowest BCUT2D eigenvalue weighted by Crippen LogP contribution is -2.27. The third kappa shape index (κ3) is 5.49. The molecule has 6 nitrogen and oxygen atoms in total. The van der Waals surface area contributed by atoms with Gasteiger partial charge in [-0.2, -0.15) is 0 Å². The molecule has 0 aliphatic carbocycles. The van der Waals surface area contributed by atoms with Gasteiger partial charge in [0.15, 0.2) is 0 Å². The van der Waals surface area contributed by atoms with Gasteiger partial charge < -0.3 is 20.3 Å². The second-order valence-electron chi connectivity index (χ2n) is 7.18. The molecular weight excluding hydrogens is 354 g/mol. The SMILES string of the molecule is CC(C)Oc1cccc(NCC(=O)Nc2cccc(C(=O)N3CCCC3)c2)c1. The molecule has 148 valence electrons. The summed E-state index contributed by atoms with van der Waals surface area (Å²) in [4.78, 5) is 26.6. The van der Waals surface area contributed by atoms with E-state index in [-0.39, 0.29) is 24.5 Å². The number of amides is 2. The number of hydrogen-bond donors (Lipinski definition) is 2. The van der Waals surface area contributed by atoms with Crippen molar-refractivity contribution in [3.63, 3.8) is 0 Å². The Morgan fingerprint density at radius 3 is 2.50 bits per heavy atom. The van der Waals surface area contributed by atoms with E-state index in [2.05, 4.69) is 10.6 Å². The molecular formula is C22H27N3O3. The summed E-state index contributed by atoms with van der Waals surface area (Å²) in [7, 11) is 0. The van der Waals surface area contributed by atoms with Gasteiger partial charge in [0.25, 0.3) is 5.91 Å². The van der Waals surface area contributed by atoms with Crippen molar-refractivity contribution in [2.75, 3.05) is 30.3 Å². The Morgan fingerprint density at radius 2 is 1.75 bits per heavy atom. The molecule has 1 fully saturated rings. The van der Waals surface area contributed by atoms with Crippen LogP contribution in [0.15, 0.2) is 48.5 Å². The molecule has 2 aromatic rings. The van der Waals surface area contributed by atoms with Gasteiger partial charge >= 0.3 is 0 Å². The number of likely N-dealkylation sites (tertiary alicyclic amines) is 1. The topological polar surface area (TPSA) is 70.7 Å². The zero-order chi connectivity index (χ0) is 19.9. The van der Waals surface area contributed by atoms with Crippen molar-refractivity contribution in [2.24, 2.45) is 0 Å². The predicted octanol–water partition coefficient (Wildman–Crippen LogP) is 3.76. The highest BCUT2D eigenvalue weighted by Gasteiger charge is 2.19. The average molecular weight is 381 g/mol. The summed E-state index contributed by atoms with van der Waals surface area (Å²) in [5.41, 5.74) is 2.03. The molecule has 1 heterocycles. The van der Waals surface area contributed by atoms with Crippen molar-refractivity contribution in [1.82, 2.24) is 4.90 Å². The number of carbonyl (C=O) groups excluding carboxylic acids is 2. The number of nitrogens with zero attached hydrogens (tertiary/aromatic N) is 1. The van der Waals surface area contributed by atoms with Crippen LogP contribution in [-0.4, -0.2) is 42.5 Å². The fourth-order valence-corrected chi connectivity index (χ4v) is 3.17. The molecule has 0 unspecified atom stereocenters. The molecule has 2 amide bonds. The predicted molar refractivity (Wildman–Crippen MR) is 111 cm³/mol. The quantitative estimate of drug-likeness (QED) is 0.766. The first-order valence-electron chi connectivity index (χ1n) is 9.71. The lowest BCUT2D eigenvalue weighted by atomic mass is 10.1. The summed E-state index contributed by atoms with van der Waals surface area (Å²) < 4.78 is 5.66. The van der Waals surface area contributed by atoms with Gasteiger partial charge in [0.1, 0.15) is 5.75 Å². The molecule has 2 aromatic carbocycles. The van der Waals surface area contributed by atoms with E-state index in [9.17, 15) is 9.59 Å². The van der Waals surface area contributed by atoms with E-state index < -0.39 is 0 Å². The van der Waals surface area contributed by atoms with Crippen LogP contribution in [0.25, 0.3) is 0 Å². The fraction of sp³-hybridized carbons (Fsp3) is 0.364. The van der Waals surface area contributed by atoms with E-state index in [0.717, 1.165) is 37.4 Å². The molecule has 1 aliphatic heterocycles. The highest BCUT2D eigenvalue weighted by Crippen LogP contribution is 2.19. The first-order valence-corrected chi connectivity index (χ1v) is 9.71. The Hall–Kier alpha value is -3.02. The van der Waals surface area contributed by atoms with Gasteiger partial charge in [-0.15, -0.1) is 0 Å². The van der Waals surface area contributed by atoms with E-state index in [0.29, 0.717) is 11.3 Å². The van der Waals surface area contributed by atoms with Gasteiger partial charge in [-0.25, -0.2) is 0 Å². The van der Waals surface area contributed by atoms with Gasteiger partial charge in [0, 0.05) is 36.1 Å². The molecule has 0 atom stereocenters. The van der Waals surface area contributed by atoms with E-state index in [4.69, 9.17) is 4.74 Å². The maximum absolute atomic E-state index is 12.5. The molecule has 0 spiro atoms. The third-order valence-corrected chi connectivity index (χ3v) is 4.45. The van der Waals surface area contributed by atoms with Crippen molar-refractivity contribution in [2.45, 2.75) is 32.8 Å². The Morgan fingerprint density at radius 1 is 1.04 bits per heavy atom. The Kier molecular flexibility index (Phi) is 6.53. The number of rotatable bonds is 7. The number of ether oxygens (including phenoxy) is 1. The van der Waals surface area contributed by atoms with Crippen LogP contribution in [0.2, 0.25) is 0 Å². The molecule has 28 heavy (non-hydrogen) atoms. The largest absolute Gasteiger partial charge is 0.491 e. The minimum absolute atomic E-state index is 0.0219. The second kappa shape index (κ2) is 9.26. The summed E-state index contributed by atoms with van der Waals surface area (Å²) in [6.45, 7) is 5.67. The summed E-state index contributed by atoms with van der Waals surface area (Å²) in [5.74, 6) is 0.600. The van der Waals surface area contributed by atoms with Gasteiger partial charge in [-0.05, 0) is 57.0 Å². The van der Waals surface area contributed by atoms with Crippen LogP contribution in [0.1, 0.15) is 37.0 Å². The first-order chi connectivity index (χ1) is 13.5. The molecule has 1 saturated heterocycles. The molecule has 3 rings (SSSR count). The highest BCUT2D eigenvalue weighted by atomic mass is 16.5. The van der Waals surface area contributed by atoms with Crippen molar-refractivity contribution in [1.29, 1.82) is 0 Å². The minimum atomic E-state index is -0.180. The molecule has 0 radical (unpaired) electrons. The molecule has 0 aromatic heterocycles.